The Morgan fingerprint density at radius 2 is 1.83 bits per heavy atom. The van der Waals surface area contributed by atoms with Crippen molar-refractivity contribution in [1.29, 1.82) is 0 Å². The lowest BCUT2D eigenvalue weighted by Crippen LogP contribution is -2.41. The molecule has 1 aromatic heterocycles. The molecule has 0 saturated heterocycles. The molecule has 192 valence electrons. The van der Waals surface area contributed by atoms with E-state index in [-0.39, 0.29) is 25.0 Å². The fraction of sp³-hybridized carbons (Fsp3) is 0.407. The van der Waals surface area contributed by atoms with Crippen LogP contribution in [0.1, 0.15) is 34.4 Å². The molecule has 1 unspecified atom stereocenters. The van der Waals surface area contributed by atoms with Crippen LogP contribution in [0, 0.1) is 19.8 Å². The van der Waals surface area contributed by atoms with E-state index in [0.29, 0.717) is 46.6 Å². The van der Waals surface area contributed by atoms with Crippen molar-refractivity contribution < 1.29 is 14.3 Å². The average Bonchev–Trinajstić information content (AvgIpc) is 3.61. The molecule has 1 fully saturated rings. The van der Waals surface area contributed by atoms with Gasteiger partial charge in [0.1, 0.15) is 13.2 Å². The highest BCUT2D eigenvalue weighted by Crippen LogP contribution is 2.33. The maximum Gasteiger partial charge on any atom is 0.273 e. The van der Waals surface area contributed by atoms with Crippen LogP contribution in [0.25, 0.3) is 0 Å². The van der Waals surface area contributed by atoms with Gasteiger partial charge in [-0.05, 0) is 61.9 Å². The summed E-state index contributed by atoms with van der Waals surface area (Å²) >= 11 is 13.7. The summed E-state index contributed by atoms with van der Waals surface area (Å²) in [5, 5.41) is 1.43. The summed E-state index contributed by atoms with van der Waals surface area (Å²) in [6.07, 6.45) is 4.40. The fourth-order valence-corrected chi connectivity index (χ4v) is 5.40. The Kier molecular flexibility index (Phi) is 9.12. The maximum absolute atomic E-state index is 13.5. The van der Waals surface area contributed by atoms with Gasteiger partial charge in [0.2, 0.25) is 5.91 Å². The SMILES string of the molecule is Cc1cccc(CN(C(=O)C(CN)Cc2cnc(OCCOc3c(Cl)cccc3Cl)s2)C2CC2)c1C. The lowest BCUT2D eigenvalue weighted by Gasteiger charge is -2.27. The standard InChI is InChI=1S/C27H31Cl2N3O3S/c1-17-5-3-6-19(18(17)2)16-32(21-9-10-21)26(33)20(14-30)13-22-15-31-27(36-22)35-12-11-34-25-23(28)7-4-8-24(25)29/h3-8,15,20-21H,9-14,16,30H2,1-2H3. The van der Waals surface area contributed by atoms with Gasteiger partial charge in [-0.2, -0.15) is 0 Å². The molecule has 36 heavy (non-hydrogen) atoms. The van der Waals surface area contributed by atoms with Crippen LogP contribution in [-0.2, 0) is 17.8 Å². The van der Waals surface area contributed by atoms with Gasteiger partial charge in [-0.25, -0.2) is 4.98 Å². The second-order valence-electron chi connectivity index (χ2n) is 9.03. The number of benzene rings is 2. The number of amides is 1. The van der Waals surface area contributed by atoms with Gasteiger partial charge in [0.05, 0.1) is 16.0 Å². The smallest absolute Gasteiger partial charge is 0.273 e. The minimum atomic E-state index is -0.297. The number of aromatic nitrogens is 1. The molecule has 1 amide bonds. The average molecular weight is 549 g/mol. The largest absolute Gasteiger partial charge is 0.487 e. The molecular formula is C27H31Cl2N3O3S. The van der Waals surface area contributed by atoms with Gasteiger partial charge in [0.25, 0.3) is 5.19 Å². The number of aryl methyl sites for hydroxylation is 1. The Bertz CT molecular complexity index is 1180. The summed E-state index contributed by atoms with van der Waals surface area (Å²) < 4.78 is 11.4. The van der Waals surface area contributed by atoms with Gasteiger partial charge in [0, 0.05) is 30.2 Å². The third-order valence-corrected chi connectivity index (χ3v) is 7.94. The zero-order valence-electron chi connectivity index (χ0n) is 20.5. The van der Waals surface area contributed by atoms with Crippen molar-refractivity contribution in [3.63, 3.8) is 0 Å². The molecule has 0 spiro atoms. The van der Waals surface area contributed by atoms with Gasteiger partial charge >= 0.3 is 0 Å². The molecule has 6 nitrogen and oxygen atoms in total. The first kappa shape index (κ1) is 26.7. The first-order valence-electron chi connectivity index (χ1n) is 12.1. The minimum absolute atomic E-state index is 0.113. The number of carbonyl (C=O) groups excluding carboxylic acids is 1. The second-order valence-corrected chi connectivity index (χ2v) is 10.9. The normalized spacial score (nSPS) is 13.9. The lowest BCUT2D eigenvalue weighted by atomic mass is 10.00. The fourth-order valence-electron chi connectivity index (χ4n) is 4.03. The summed E-state index contributed by atoms with van der Waals surface area (Å²) in [5.74, 6) is 0.256. The third kappa shape index (κ3) is 6.71. The summed E-state index contributed by atoms with van der Waals surface area (Å²) in [6.45, 7) is 5.70. The lowest BCUT2D eigenvalue weighted by molar-refractivity contribution is -0.136. The van der Waals surface area contributed by atoms with Gasteiger partial charge in [-0.3, -0.25) is 4.79 Å². The molecule has 1 aliphatic rings. The molecule has 1 atom stereocenters. The number of carbonyl (C=O) groups is 1. The summed E-state index contributed by atoms with van der Waals surface area (Å²) in [7, 11) is 0. The van der Waals surface area contributed by atoms with Crippen LogP contribution in [0.15, 0.2) is 42.6 Å². The van der Waals surface area contributed by atoms with Crippen LogP contribution in [0.5, 0.6) is 10.9 Å². The van der Waals surface area contributed by atoms with E-state index in [1.54, 1.807) is 24.4 Å². The van der Waals surface area contributed by atoms with Crippen molar-refractivity contribution in [2.45, 2.75) is 45.7 Å². The highest BCUT2D eigenvalue weighted by Gasteiger charge is 2.36. The van der Waals surface area contributed by atoms with E-state index < -0.39 is 0 Å². The highest BCUT2D eigenvalue weighted by atomic mass is 35.5. The first-order chi connectivity index (χ1) is 17.4. The number of rotatable bonds is 12. The minimum Gasteiger partial charge on any atom is -0.487 e. The Morgan fingerprint density at radius 3 is 2.53 bits per heavy atom. The Labute approximate surface area is 226 Å². The number of para-hydroxylation sites is 1. The highest BCUT2D eigenvalue weighted by molar-refractivity contribution is 7.13. The van der Waals surface area contributed by atoms with Gasteiger partial charge in [0.15, 0.2) is 5.75 Å². The predicted molar refractivity (Wildman–Crippen MR) is 145 cm³/mol. The van der Waals surface area contributed by atoms with Gasteiger partial charge in [-0.1, -0.05) is 58.8 Å². The van der Waals surface area contributed by atoms with E-state index in [1.165, 1.54) is 28.0 Å². The molecule has 0 radical (unpaired) electrons. The van der Waals surface area contributed by atoms with Gasteiger partial charge in [-0.15, -0.1) is 0 Å². The Balaban J connectivity index is 1.32. The van der Waals surface area contributed by atoms with Crippen LogP contribution in [0.2, 0.25) is 10.0 Å². The molecule has 1 heterocycles. The molecule has 2 N–H and O–H groups in total. The number of nitrogens with zero attached hydrogens (tertiary/aromatic N) is 2. The van der Waals surface area contributed by atoms with E-state index >= 15 is 0 Å². The number of halogens is 2. The van der Waals surface area contributed by atoms with Crippen molar-refractivity contribution in [3.8, 4) is 10.9 Å². The van der Waals surface area contributed by atoms with Crippen molar-refractivity contribution in [2.24, 2.45) is 11.7 Å². The first-order valence-corrected chi connectivity index (χ1v) is 13.6. The third-order valence-electron chi connectivity index (χ3n) is 6.42. The van der Waals surface area contributed by atoms with Crippen LogP contribution >= 0.6 is 34.5 Å². The molecule has 4 rings (SSSR count). The van der Waals surface area contributed by atoms with Crippen LogP contribution < -0.4 is 15.2 Å². The van der Waals surface area contributed by atoms with Crippen molar-refractivity contribution in [3.05, 3.63) is 74.2 Å². The number of hydrogen-bond donors (Lipinski definition) is 1. The Morgan fingerprint density at radius 1 is 1.14 bits per heavy atom. The monoisotopic (exact) mass is 547 g/mol. The van der Waals surface area contributed by atoms with Crippen molar-refractivity contribution >= 4 is 40.4 Å². The van der Waals surface area contributed by atoms with E-state index in [2.05, 4.69) is 37.0 Å². The van der Waals surface area contributed by atoms with Crippen LogP contribution in [-0.4, -0.2) is 41.6 Å². The van der Waals surface area contributed by atoms with E-state index in [9.17, 15) is 4.79 Å². The molecule has 1 saturated carbocycles. The van der Waals surface area contributed by atoms with E-state index in [1.807, 2.05) is 4.90 Å². The molecule has 2 aromatic carbocycles. The molecule has 9 heteroatoms. The maximum atomic E-state index is 13.5. The zero-order valence-corrected chi connectivity index (χ0v) is 22.8. The number of hydrogen-bond acceptors (Lipinski definition) is 6. The zero-order chi connectivity index (χ0) is 25.7. The second kappa shape index (κ2) is 12.3. The molecule has 3 aromatic rings. The number of nitrogens with two attached hydrogens (primary N) is 1. The number of ether oxygens (including phenoxy) is 2. The summed E-state index contributed by atoms with van der Waals surface area (Å²) in [4.78, 5) is 20.9. The van der Waals surface area contributed by atoms with Crippen molar-refractivity contribution in [1.82, 2.24) is 9.88 Å². The quantitative estimate of drug-likeness (QED) is 0.288. The van der Waals surface area contributed by atoms with Crippen LogP contribution in [0.4, 0.5) is 0 Å². The Hall–Kier alpha value is -2.32. The summed E-state index contributed by atoms with van der Waals surface area (Å²) in [6, 6.07) is 11.8. The summed E-state index contributed by atoms with van der Waals surface area (Å²) in [5.41, 5.74) is 9.75. The van der Waals surface area contributed by atoms with E-state index in [4.69, 9.17) is 38.4 Å². The van der Waals surface area contributed by atoms with E-state index in [0.717, 1.165) is 17.7 Å². The molecular weight excluding hydrogens is 517 g/mol. The van der Waals surface area contributed by atoms with Crippen molar-refractivity contribution in [2.75, 3.05) is 19.8 Å². The number of thiazole rings is 1. The van der Waals surface area contributed by atoms with Gasteiger partial charge < -0.3 is 20.1 Å². The molecule has 1 aliphatic carbocycles. The topological polar surface area (TPSA) is 77.7 Å². The molecule has 0 aliphatic heterocycles. The van der Waals surface area contributed by atoms with Crippen LogP contribution in [0.3, 0.4) is 0 Å². The predicted octanol–water partition coefficient (Wildman–Crippen LogP) is 5.83. The molecule has 0 bridgehead atoms.